The molecule has 0 radical (unpaired) electrons. The predicted octanol–water partition coefficient (Wildman–Crippen LogP) is 1.32. The molecule has 92 valence electrons. The van der Waals surface area contributed by atoms with Crippen LogP contribution in [0.1, 0.15) is 12.5 Å². The number of amides is 1. The Hall–Kier alpha value is -1.59. The van der Waals surface area contributed by atoms with Crippen LogP contribution in [0.5, 0.6) is 0 Å². The minimum atomic E-state index is -0.931. The van der Waals surface area contributed by atoms with Crippen molar-refractivity contribution in [3.05, 3.63) is 35.9 Å². The third kappa shape index (κ3) is 2.75. The number of aliphatic hydroxyl groups is 1. The van der Waals surface area contributed by atoms with E-state index in [1.165, 1.54) is 4.90 Å². The van der Waals surface area contributed by atoms with Crippen molar-refractivity contribution in [2.75, 3.05) is 6.73 Å². The van der Waals surface area contributed by atoms with Gasteiger partial charge in [-0.3, -0.25) is 4.90 Å². The Morgan fingerprint density at radius 2 is 2.24 bits per heavy atom. The molecule has 1 saturated heterocycles. The van der Waals surface area contributed by atoms with Crippen molar-refractivity contribution in [2.24, 2.45) is 0 Å². The maximum Gasteiger partial charge on any atom is 0.412 e. The minimum Gasteiger partial charge on any atom is -0.444 e. The molecule has 1 fully saturated rings. The van der Waals surface area contributed by atoms with E-state index in [2.05, 4.69) is 0 Å². The molecule has 0 bridgehead atoms. The first-order valence-electron chi connectivity index (χ1n) is 5.45. The highest BCUT2D eigenvalue weighted by Crippen LogP contribution is 2.16. The second kappa shape index (κ2) is 5.16. The maximum atomic E-state index is 11.7. The number of carbonyl (C=O) groups is 1. The van der Waals surface area contributed by atoms with E-state index in [0.29, 0.717) is 0 Å². The van der Waals surface area contributed by atoms with Crippen LogP contribution in [0, 0.1) is 0 Å². The van der Waals surface area contributed by atoms with Crippen molar-refractivity contribution in [3.63, 3.8) is 0 Å². The average molecular weight is 237 g/mol. The van der Waals surface area contributed by atoms with Crippen molar-refractivity contribution in [1.29, 1.82) is 0 Å². The predicted molar refractivity (Wildman–Crippen MR) is 59.9 cm³/mol. The minimum absolute atomic E-state index is 0.0654. The first-order chi connectivity index (χ1) is 8.18. The van der Waals surface area contributed by atoms with Crippen LogP contribution in [-0.4, -0.2) is 35.2 Å². The van der Waals surface area contributed by atoms with Gasteiger partial charge in [0, 0.05) is 0 Å². The van der Waals surface area contributed by atoms with Gasteiger partial charge in [0.1, 0.15) is 13.3 Å². The van der Waals surface area contributed by atoms with Crippen LogP contribution in [0.4, 0.5) is 4.79 Å². The van der Waals surface area contributed by atoms with Crippen LogP contribution >= 0.6 is 0 Å². The van der Waals surface area contributed by atoms with Crippen molar-refractivity contribution < 1.29 is 19.4 Å². The molecule has 0 aliphatic carbocycles. The molecule has 1 heterocycles. The van der Waals surface area contributed by atoms with Crippen LogP contribution in [-0.2, 0) is 16.1 Å². The summed E-state index contributed by atoms with van der Waals surface area (Å²) >= 11 is 0. The number of rotatable bonds is 2. The normalized spacial score (nSPS) is 23.8. The molecule has 1 aromatic carbocycles. The Kier molecular flexibility index (Phi) is 3.61. The molecule has 5 heteroatoms. The van der Waals surface area contributed by atoms with Gasteiger partial charge in [-0.1, -0.05) is 30.3 Å². The molecule has 0 saturated carbocycles. The molecule has 2 atom stereocenters. The summed E-state index contributed by atoms with van der Waals surface area (Å²) in [7, 11) is 0. The molecular formula is C12H15NO4. The average Bonchev–Trinajstić information content (AvgIpc) is 2.69. The summed E-state index contributed by atoms with van der Waals surface area (Å²) in [5.41, 5.74) is 0.925. The zero-order valence-corrected chi connectivity index (χ0v) is 9.57. The Labute approximate surface area is 99.6 Å². The number of ether oxygens (including phenoxy) is 2. The lowest BCUT2D eigenvalue weighted by molar-refractivity contribution is -0.0649. The molecule has 0 aromatic heterocycles. The molecule has 1 aliphatic heterocycles. The van der Waals surface area contributed by atoms with Gasteiger partial charge < -0.3 is 14.6 Å². The zero-order valence-electron chi connectivity index (χ0n) is 9.57. The van der Waals surface area contributed by atoms with Gasteiger partial charge in [0.15, 0.2) is 6.29 Å². The maximum absolute atomic E-state index is 11.7. The standard InChI is InChI=1S/C12H15NO4/c1-9-11(14)17-8-13(9)12(15)16-7-10-5-3-2-4-6-10/h2-6,9,11,14H,7-8H2,1H3/t9-,11?/m0/s1. The highest BCUT2D eigenvalue weighted by atomic mass is 16.6. The van der Waals surface area contributed by atoms with Crippen molar-refractivity contribution in [3.8, 4) is 0 Å². The molecule has 1 unspecified atom stereocenters. The van der Waals surface area contributed by atoms with Gasteiger partial charge in [-0.25, -0.2) is 4.79 Å². The van der Waals surface area contributed by atoms with E-state index in [1.807, 2.05) is 30.3 Å². The van der Waals surface area contributed by atoms with Gasteiger partial charge in [-0.05, 0) is 12.5 Å². The fraction of sp³-hybridized carbons (Fsp3) is 0.417. The lowest BCUT2D eigenvalue weighted by atomic mass is 10.2. The van der Waals surface area contributed by atoms with Gasteiger partial charge in [0.25, 0.3) is 0 Å². The Morgan fingerprint density at radius 3 is 2.82 bits per heavy atom. The molecule has 1 aromatic rings. The van der Waals surface area contributed by atoms with Crippen molar-refractivity contribution in [1.82, 2.24) is 4.90 Å². The second-order valence-corrected chi connectivity index (χ2v) is 3.94. The fourth-order valence-electron chi connectivity index (χ4n) is 1.59. The van der Waals surface area contributed by atoms with Gasteiger partial charge in [-0.2, -0.15) is 0 Å². The van der Waals surface area contributed by atoms with Gasteiger partial charge in [-0.15, -0.1) is 0 Å². The molecule has 5 nitrogen and oxygen atoms in total. The monoisotopic (exact) mass is 237 g/mol. The van der Waals surface area contributed by atoms with Crippen LogP contribution in [0.3, 0.4) is 0 Å². The van der Waals surface area contributed by atoms with E-state index in [4.69, 9.17) is 9.47 Å². The van der Waals surface area contributed by atoms with Crippen LogP contribution < -0.4 is 0 Å². The van der Waals surface area contributed by atoms with Gasteiger partial charge in [0.2, 0.25) is 0 Å². The summed E-state index contributed by atoms with van der Waals surface area (Å²) in [5, 5.41) is 9.33. The molecular weight excluding hydrogens is 222 g/mol. The quantitative estimate of drug-likeness (QED) is 0.842. The lowest BCUT2D eigenvalue weighted by Gasteiger charge is -2.19. The number of benzene rings is 1. The molecule has 2 rings (SSSR count). The highest BCUT2D eigenvalue weighted by molar-refractivity contribution is 5.68. The van der Waals surface area contributed by atoms with Crippen LogP contribution in [0.2, 0.25) is 0 Å². The highest BCUT2D eigenvalue weighted by Gasteiger charge is 2.34. The Balaban J connectivity index is 1.86. The summed E-state index contributed by atoms with van der Waals surface area (Å²) in [6.07, 6.45) is -1.41. The summed E-state index contributed by atoms with van der Waals surface area (Å²) in [6.45, 7) is 2.00. The van der Waals surface area contributed by atoms with E-state index < -0.39 is 12.4 Å². The summed E-state index contributed by atoms with van der Waals surface area (Å²) in [6, 6.07) is 9.05. The van der Waals surface area contributed by atoms with E-state index in [9.17, 15) is 9.90 Å². The first kappa shape index (κ1) is 11.9. The largest absolute Gasteiger partial charge is 0.444 e. The summed E-state index contributed by atoms with van der Waals surface area (Å²) < 4.78 is 10.1. The topological polar surface area (TPSA) is 59.0 Å². The number of hydrogen-bond acceptors (Lipinski definition) is 4. The molecule has 0 spiro atoms. The van der Waals surface area contributed by atoms with Crippen LogP contribution in [0.25, 0.3) is 0 Å². The van der Waals surface area contributed by atoms with E-state index in [1.54, 1.807) is 6.92 Å². The SMILES string of the molecule is C[C@H]1C(O)OCN1C(=O)OCc1ccccc1. The second-order valence-electron chi connectivity index (χ2n) is 3.94. The molecule has 1 amide bonds. The first-order valence-corrected chi connectivity index (χ1v) is 5.45. The van der Waals surface area contributed by atoms with E-state index in [-0.39, 0.29) is 19.4 Å². The fourth-order valence-corrected chi connectivity index (χ4v) is 1.59. The van der Waals surface area contributed by atoms with E-state index in [0.717, 1.165) is 5.56 Å². The smallest absolute Gasteiger partial charge is 0.412 e. The van der Waals surface area contributed by atoms with Crippen LogP contribution in [0.15, 0.2) is 30.3 Å². The Bertz CT molecular complexity index is 381. The van der Waals surface area contributed by atoms with Gasteiger partial charge in [0.05, 0.1) is 6.04 Å². The third-order valence-electron chi connectivity index (χ3n) is 2.73. The molecule has 1 N–H and O–H groups in total. The molecule has 17 heavy (non-hydrogen) atoms. The van der Waals surface area contributed by atoms with Gasteiger partial charge >= 0.3 is 6.09 Å². The Morgan fingerprint density at radius 1 is 1.53 bits per heavy atom. The van der Waals surface area contributed by atoms with E-state index >= 15 is 0 Å². The molecule has 1 aliphatic rings. The zero-order chi connectivity index (χ0) is 12.3. The number of nitrogens with zero attached hydrogens (tertiary/aromatic N) is 1. The van der Waals surface area contributed by atoms with Crippen molar-refractivity contribution in [2.45, 2.75) is 25.9 Å². The summed E-state index contributed by atoms with van der Waals surface area (Å²) in [5.74, 6) is 0. The number of carbonyl (C=O) groups excluding carboxylic acids is 1. The number of hydrogen-bond donors (Lipinski definition) is 1. The third-order valence-corrected chi connectivity index (χ3v) is 2.73. The number of aliphatic hydroxyl groups excluding tert-OH is 1. The lowest BCUT2D eigenvalue weighted by Crippen LogP contribution is -2.37. The van der Waals surface area contributed by atoms with Crippen molar-refractivity contribution >= 4 is 6.09 Å². The summed E-state index contributed by atoms with van der Waals surface area (Å²) in [4.78, 5) is 13.0.